The van der Waals surface area contributed by atoms with E-state index in [2.05, 4.69) is 13.8 Å². The second-order valence-electron chi connectivity index (χ2n) is 5.36. The second kappa shape index (κ2) is 8.95. The number of methoxy groups -OCH3 is 1. The van der Waals surface area contributed by atoms with Crippen LogP contribution in [-0.4, -0.2) is 33.0 Å². The van der Waals surface area contributed by atoms with Crippen molar-refractivity contribution in [1.82, 2.24) is 0 Å². The highest BCUT2D eigenvalue weighted by atomic mass is 16.5. The third-order valence-electron chi connectivity index (χ3n) is 2.90. The summed E-state index contributed by atoms with van der Waals surface area (Å²) in [5, 5.41) is 0. The van der Waals surface area contributed by atoms with Crippen molar-refractivity contribution in [3.63, 3.8) is 0 Å². The number of hydrogen-bond acceptors (Lipinski definition) is 4. The van der Waals surface area contributed by atoms with Gasteiger partial charge in [-0.2, -0.15) is 0 Å². The van der Waals surface area contributed by atoms with Crippen molar-refractivity contribution in [3.05, 3.63) is 29.8 Å². The highest BCUT2D eigenvalue weighted by molar-refractivity contribution is 5.35. The Hall–Kier alpha value is -1.10. The maximum Gasteiger partial charge on any atom is 0.124 e. The lowest BCUT2D eigenvalue weighted by atomic mass is 10.0. The number of ether oxygens (including phenoxy) is 3. The monoisotopic (exact) mass is 281 g/mol. The molecule has 2 N–H and O–H groups in total. The zero-order valence-electron chi connectivity index (χ0n) is 13.0. The van der Waals surface area contributed by atoms with Gasteiger partial charge in [-0.15, -0.1) is 0 Å². The van der Waals surface area contributed by atoms with Crippen LogP contribution in [0.1, 0.15) is 32.4 Å². The molecule has 2 unspecified atom stereocenters. The highest BCUT2D eigenvalue weighted by Crippen LogP contribution is 2.29. The van der Waals surface area contributed by atoms with E-state index in [1.165, 1.54) is 0 Å². The van der Waals surface area contributed by atoms with Crippen molar-refractivity contribution in [2.45, 2.75) is 32.9 Å². The van der Waals surface area contributed by atoms with Crippen LogP contribution in [0.5, 0.6) is 5.75 Å². The number of para-hydroxylation sites is 1. The Morgan fingerprint density at radius 1 is 1.10 bits per heavy atom. The van der Waals surface area contributed by atoms with E-state index >= 15 is 0 Å². The first-order chi connectivity index (χ1) is 9.56. The molecular formula is C16H27NO3. The van der Waals surface area contributed by atoms with Crippen molar-refractivity contribution in [3.8, 4) is 5.75 Å². The third kappa shape index (κ3) is 5.49. The lowest BCUT2D eigenvalue weighted by Gasteiger charge is -2.23. The smallest absolute Gasteiger partial charge is 0.124 e. The predicted molar refractivity (Wildman–Crippen MR) is 81.0 cm³/mol. The summed E-state index contributed by atoms with van der Waals surface area (Å²) in [6, 6.07) is 7.69. The van der Waals surface area contributed by atoms with Crippen LogP contribution < -0.4 is 10.5 Å². The molecule has 0 fully saturated rings. The van der Waals surface area contributed by atoms with Crippen LogP contribution in [0.25, 0.3) is 0 Å². The molecule has 20 heavy (non-hydrogen) atoms. The van der Waals surface area contributed by atoms with Gasteiger partial charge in [-0.1, -0.05) is 32.0 Å². The average Bonchev–Trinajstić information content (AvgIpc) is 2.42. The maximum absolute atomic E-state index is 6.03. The zero-order chi connectivity index (χ0) is 15.0. The van der Waals surface area contributed by atoms with Gasteiger partial charge in [0.2, 0.25) is 0 Å². The summed E-state index contributed by atoms with van der Waals surface area (Å²) < 4.78 is 16.8. The minimum atomic E-state index is -0.186. The Bertz CT molecular complexity index is 380. The summed E-state index contributed by atoms with van der Waals surface area (Å²) in [7, 11) is 1.66. The first-order valence-electron chi connectivity index (χ1n) is 7.14. The van der Waals surface area contributed by atoms with Crippen LogP contribution in [0, 0.1) is 5.92 Å². The molecule has 0 aromatic heterocycles. The van der Waals surface area contributed by atoms with Gasteiger partial charge in [0, 0.05) is 18.2 Å². The zero-order valence-corrected chi connectivity index (χ0v) is 13.0. The van der Waals surface area contributed by atoms with E-state index in [0.717, 1.165) is 17.9 Å². The van der Waals surface area contributed by atoms with Gasteiger partial charge in [-0.05, 0) is 18.9 Å². The van der Waals surface area contributed by atoms with E-state index in [1.54, 1.807) is 7.11 Å². The molecule has 0 saturated carbocycles. The van der Waals surface area contributed by atoms with Crippen LogP contribution in [-0.2, 0) is 9.47 Å². The lowest BCUT2D eigenvalue weighted by molar-refractivity contribution is -0.0104. The molecule has 1 rings (SSSR count). The molecule has 0 spiro atoms. The van der Waals surface area contributed by atoms with Gasteiger partial charge in [0.05, 0.1) is 20.3 Å². The Morgan fingerprint density at radius 3 is 2.40 bits per heavy atom. The molecule has 0 aliphatic carbocycles. The van der Waals surface area contributed by atoms with Gasteiger partial charge in [0.15, 0.2) is 0 Å². The summed E-state index contributed by atoms with van der Waals surface area (Å²) in [4.78, 5) is 0. The number of hydrogen-bond donors (Lipinski definition) is 1. The number of rotatable bonds is 9. The Labute approximate surface area is 122 Å². The molecule has 0 amide bonds. The van der Waals surface area contributed by atoms with Crippen molar-refractivity contribution in [2.75, 3.05) is 26.9 Å². The quantitative estimate of drug-likeness (QED) is 0.707. The third-order valence-corrected chi connectivity index (χ3v) is 2.90. The first kappa shape index (κ1) is 17.0. The van der Waals surface area contributed by atoms with Gasteiger partial charge >= 0.3 is 0 Å². The standard InChI is InChI=1S/C16H27NO3/c1-12(2)11-19-9-10-20-16(13(3)17)14-7-5-6-8-15(14)18-4/h5-8,12-13,16H,9-11,17H2,1-4H3. The Morgan fingerprint density at radius 2 is 1.80 bits per heavy atom. The maximum atomic E-state index is 6.03. The van der Waals surface area contributed by atoms with Gasteiger partial charge in [0.25, 0.3) is 0 Å². The van der Waals surface area contributed by atoms with E-state index in [9.17, 15) is 0 Å². The number of nitrogens with two attached hydrogens (primary N) is 1. The molecule has 0 bridgehead atoms. The van der Waals surface area contributed by atoms with Crippen LogP contribution in [0.2, 0.25) is 0 Å². The van der Waals surface area contributed by atoms with Crippen molar-refractivity contribution >= 4 is 0 Å². The fourth-order valence-electron chi connectivity index (χ4n) is 1.98. The molecule has 4 nitrogen and oxygen atoms in total. The van der Waals surface area contributed by atoms with Crippen LogP contribution in [0.3, 0.4) is 0 Å². The van der Waals surface area contributed by atoms with E-state index in [4.69, 9.17) is 19.9 Å². The summed E-state index contributed by atoms with van der Waals surface area (Å²) in [5.74, 6) is 1.34. The van der Waals surface area contributed by atoms with E-state index in [0.29, 0.717) is 19.1 Å². The molecule has 0 aliphatic heterocycles. The summed E-state index contributed by atoms with van der Waals surface area (Å²) in [6.07, 6.45) is -0.186. The minimum Gasteiger partial charge on any atom is -0.496 e. The van der Waals surface area contributed by atoms with Crippen LogP contribution in [0.15, 0.2) is 24.3 Å². The Kier molecular flexibility index (Phi) is 7.59. The molecule has 2 atom stereocenters. The average molecular weight is 281 g/mol. The summed E-state index contributed by atoms with van der Waals surface area (Å²) in [6.45, 7) is 8.04. The van der Waals surface area contributed by atoms with E-state index in [1.807, 2.05) is 31.2 Å². The molecule has 1 aromatic carbocycles. The second-order valence-corrected chi connectivity index (χ2v) is 5.36. The largest absolute Gasteiger partial charge is 0.496 e. The van der Waals surface area contributed by atoms with Gasteiger partial charge in [-0.3, -0.25) is 0 Å². The van der Waals surface area contributed by atoms with Gasteiger partial charge < -0.3 is 19.9 Å². The molecule has 1 aromatic rings. The molecule has 0 aliphatic rings. The lowest BCUT2D eigenvalue weighted by Crippen LogP contribution is -2.28. The van der Waals surface area contributed by atoms with Gasteiger partial charge in [0.1, 0.15) is 11.9 Å². The molecule has 0 radical (unpaired) electrons. The number of benzene rings is 1. The molecular weight excluding hydrogens is 254 g/mol. The fraction of sp³-hybridized carbons (Fsp3) is 0.625. The highest BCUT2D eigenvalue weighted by Gasteiger charge is 2.20. The fourth-order valence-corrected chi connectivity index (χ4v) is 1.98. The van der Waals surface area contributed by atoms with Crippen LogP contribution in [0.4, 0.5) is 0 Å². The summed E-state index contributed by atoms with van der Waals surface area (Å²) in [5.41, 5.74) is 7.01. The molecule has 0 heterocycles. The summed E-state index contributed by atoms with van der Waals surface area (Å²) >= 11 is 0. The molecule has 0 saturated heterocycles. The first-order valence-corrected chi connectivity index (χ1v) is 7.14. The SMILES string of the molecule is COc1ccccc1C(OCCOCC(C)C)C(C)N. The van der Waals surface area contributed by atoms with E-state index < -0.39 is 0 Å². The topological polar surface area (TPSA) is 53.7 Å². The van der Waals surface area contributed by atoms with Crippen molar-refractivity contribution in [2.24, 2.45) is 11.7 Å². The van der Waals surface area contributed by atoms with Crippen LogP contribution >= 0.6 is 0 Å². The normalized spacial score (nSPS) is 14.3. The van der Waals surface area contributed by atoms with E-state index in [-0.39, 0.29) is 12.1 Å². The molecule has 114 valence electrons. The van der Waals surface area contributed by atoms with Crippen molar-refractivity contribution < 1.29 is 14.2 Å². The molecule has 4 heteroatoms. The van der Waals surface area contributed by atoms with Gasteiger partial charge in [-0.25, -0.2) is 0 Å². The Balaban J connectivity index is 2.56. The predicted octanol–water partition coefficient (Wildman–Crippen LogP) is 2.77. The minimum absolute atomic E-state index is 0.114. The van der Waals surface area contributed by atoms with Crippen molar-refractivity contribution in [1.29, 1.82) is 0 Å².